The van der Waals surface area contributed by atoms with Crippen LogP contribution in [0.25, 0.3) is 0 Å². The monoisotopic (exact) mass is 196 g/mol. The van der Waals surface area contributed by atoms with Gasteiger partial charge < -0.3 is 5.11 Å². The summed E-state index contributed by atoms with van der Waals surface area (Å²) < 4.78 is 0. The first-order valence-electron chi connectivity index (χ1n) is 5.38. The Kier molecular flexibility index (Phi) is 8.02. The summed E-state index contributed by atoms with van der Waals surface area (Å²) >= 11 is 0. The van der Waals surface area contributed by atoms with E-state index in [-0.39, 0.29) is 5.92 Å². The average molecular weight is 196 g/mol. The van der Waals surface area contributed by atoms with Gasteiger partial charge in [-0.1, -0.05) is 39.0 Å². The smallest absolute Gasteiger partial charge is 0.307 e. The fourth-order valence-electron chi connectivity index (χ4n) is 1.45. The number of carboxylic acids is 1. The summed E-state index contributed by atoms with van der Waals surface area (Å²) in [5.74, 6) is 1.34. The highest BCUT2D eigenvalue weighted by atomic mass is 16.4. The van der Waals surface area contributed by atoms with Crippen molar-refractivity contribution < 1.29 is 9.90 Å². The van der Waals surface area contributed by atoms with Crippen molar-refractivity contribution in [2.24, 2.45) is 5.92 Å². The van der Waals surface area contributed by atoms with Crippen LogP contribution >= 0.6 is 0 Å². The van der Waals surface area contributed by atoms with Crippen LogP contribution in [-0.2, 0) is 4.79 Å². The molecule has 0 aromatic heterocycles. The third-order valence-electron chi connectivity index (χ3n) is 2.37. The summed E-state index contributed by atoms with van der Waals surface area (Å²) in [5.41, 5.74) is 0. The van der Waals surface area contributed by atoms with Crippen molar-refractivity contribution in [2.75, 3.05) is 0 Å². The molecule has 1 atom stereocenters. The van der Waals surface area contributed by atoms with E-state index >= 15 is 0 Å². The number of rotatable bonds is 8. The summed E-state index contributed by atoms with van der Waals surface area (Å²) in [6.45, 7) is 2.17. The molecule has 0 saturated heterocycles. The molecule has 80 valence electrons. The highest BCUT2D eigenvalue weighted by molar-refractivity contribution is 5.70. The molecule has 1 unspecified atom stereocenters. The molecule has 0 radical (unpaired) electrons. The fourth-order valence-corrected chi connectivity index (χ4v) is 1.45. The van der Waals surface area contributed by atoms with E-state index in [1.165, 1.54) is 19.3 Å². The minimum Gasteiger partial charge on any atom is -0.481 e. The Balaban J connectivity index is 3.52. The summed E-state index contributed by atoms with van der Waals surface area (Å²) in [6.07, 6.45) is 12.0. The third kappa shape index (κ3) is 6.54. The number of aliphatic carboxylic acids is 1. The molecule has 1 N–H and O–H groups in total. The highest BCUT2D eigenvalue weighted by Gasteiger charge is 2.14. The maximum absolute atomic E-state index is 10.7. The van der Waals surface area contributed by atoms with Crippen LogP contribution in [0.4, 0.5) is 0 Å². The topological polar surface area (TPSA) is 37.3 Å². The van der Waals surface area contributed by atoms with Gasteiger partial charge in [0.25, 0.3) is 0 Å². The molecule has 0 rings (SSSR count). The van der Waals surface area contributed by atoms with Gasteiger partial charge in [-0.15, -0.1) is 12.3 Å². The molecule has 0 amide bonds. The normalized spacial score (nSPS) is 12.0. The molecular formula is C12H20O2. The molecule has 0 saturated carbocycles. The van der Waals surface area contributed by atoms with Crippen molar-refractivity contribution in [3.05, 3.63) is 0 Å². The van der Waals surface area contributed by atoms with E-state index in [0.29, 0.717) is 6.42 Å². The van der Waals surface area contributed by atoms with Gasteiger partial charge in [0.2, 0.25) is 0 Å². The van der Waals surface area contributed by atoms with E-state index in [9.17, 15) is 4.79 Å². The first-order valence-corrected chi connectivity index (χ1v) is 5.38. The van der Waals surface area contributed by atoms with Crippen LogP contribution < -0.4 is 0 Å². The van der Waals surface area contributed by atoms with Gasteiger partial charge in [0.05, 0.1) is 5.92 Å². The van der Waals surface area contributed by atoms with Crippen LogP contribution in [0.2, 0.25) is 0 Å². The molecule has 0 bridgehead atoms. The first kappa shape index (κ1) is 13.0. The molecular weight excluding hydrogens is 176 g/mol. The van der Waals surface area contributed by atoms with Crippen molar-refractivity contribution in [3.8, 4) is 12.3 Å². The number of carboxylic acid groups (broad SMARTS) is 1. The van der Waals surface area contributed by atoms with Crippen molar-refractivity contribution >= 4 is 5.97 Å². The minimum atomic E-state index is -0.751. The molecule has 0 aliphatic rings. The number of hydrogen-bond acceptors (Lipinski definition) is 1. The number of unbranched alkanes of at least 4 members (excludes halogenated alkanes) is 4. The zero-order chi connectivity index (χ0) is 10.8. The van der Waals surface area contributed by atoms with E-state index in [4.69, 9.17) is 11.5 Å². The Hall–Kier alpha value is -0.970. The Morgan fingerprint density at radius 1 is 1.36 bits per heavy atom. The van der Waals surface area contributed by atoms with E-state index in [1.54, 1.807) is 0 Å². The Labute approximate surface area is 86.7 Å². The Morgan fingerprint density at radius 3 is 2.50 bits per heavy atom. The van der Waals surface area contributed by atoms with E-state index in [2.05, 4.69) is 12.8 Å². The van der Waals surface area contributed by atoms with Gasteiger partial charge in [-0.05, 0) is 6.42 Å². The van der Waals surface area contributed by atoms with E-state index < -0.39 is 5.97 Å². The molecule has 0 heterocycles. The molecule has 0 fully saturated rings. The van der Waals surface area contributed by atoms with Gasteiger partial charge in [-0.25, -0.2) is 0 Å². The molecule has 2 heteroatoms. The van der Waals surface area contributed by atoms with Gasteiger partial charge in [-0.2, -0.15) is 0 Å². The van der Waals surface area contributed by atoms with Crippen LogP contribution in [0, 0.1) is 18.3 Å². The largest absolute Gasteiger partial charge is 0.481 e. The number of carbonyl (C=O) groups is 1. The van der Waals surface area contributed by atoms with Crippen molar-refractivity contribution in [1.29, 1.82) is 0 Å². The Bertz CT molecular complexity index is 191. The lowest BCUT2D eigenvalue weighted by molar-refractivity contribution is -0.141. The number of terminal acetylenes is 1. The number of hydrogen-bond donors (Lipinski definition) is 1. The van der Waals surface area contributed by atoms with E-state index in [0.717, 1.165) is 19.3 Å². The van der Waals surface area contributed by atoms with Crippen molar-refractivity contribution in [3.63, 3.8) is 0 Å². The summed E-state index contributed by atoms with van der Waals surface area (Å²) in [5, 5.41) is 8.81. The van der Waals surface area contributed by atoms with Crippen LogP contribution in [0.5, 0.6) is 0 Å². The van der Waals surface area contributed by atoms with Crippen LogP contribution in [0.15, 0.2) is 0 Å². The van der Waals surface area contributed by atoms with Gasteiger partial charge in [0, 0.05) is 6.42 Å². The fraction of sp³-hybridized carbons (Fsp3) is 0.750. The SMILES string of the molecule is C#CCC(CCCCCCC)C(=O)O. The Morgan fingerprint density at radius 2 is 2.00 bits per heavy atom. The molecule has 0 aromatic rings. The lowest BCUT2D eigenvalue weighted by Gasteiger charge is -2.07. The zero-order valence-electron chi connectivity index (χ0n) is 8.96. The summed E-state index contributed by atoms with van der Waals surface area (Å²) in [7, 11) is 0. The quantitative estimate of drug-likeness (QED) is 0.478. The molecule has 2 nitrogen and oxygen atoms in total. The summed E-state index contributed by atoms with van der Waals surface area (Å²) in [4.78, 5) is 10.7. The second kappa shape index (κ2) is 8.62. The van der Waals surface area contributed by atoms with Gasteiger partial charge >= 0.3 is 5.97 Å². The average Bonchev–Trinajstić information content (AvgIpc) is 2.15. The molecule has 0 aliphatic heterocycles. The van der Waals surface area contributed by atoms with Crippen molar-refractivity contribution in [2.45, 2.75) is 51.9 Å². The van der Waals surface area contributed by atoms with Crippen LogP contribution in [0.1, 0.15) is 51.9 Å². The summed E-state index contributed by atoms with van der Waals surface area (Å²) in [6, 6.07) is 0. The molecule has 0 spiro atoms. The third-order valence-corrected chi connectivity index (χ3v) is 2.37. The van der Waals surface area contributed by atoms with Gasteiger partial charge in [-0.3, -0.25) is 4.79 Å². The lowest BCUT2D eigenvalue weighted by Crippen LogP contribution is -2.12. The second-order valence-electron chi connectivity index (χ2n) is 3.65. The maximum Gasteiger partial charge on any atom is 0.307 e. The molecule has 0 aliphatic carbocycles. The highest BCUT2D eigenvalue weighted by Crippen LogP contribution is 2.14. The standard InChI is InChI=1S/C12H20O2/c1-3-5-6-7-8-10-11(9-4-2)12(13)14/h2,11H,3,5-10H2,1H3,(H,13,14). The minimum absolute atomic E-state index is 0.332. The predicted molar refractivity (Wildman–Crippen MR) is 58.0 cm³/mol. The zero-order valence-corrected chi connectivity index (χ0v) is 8.96. The van der Waals surface area contributed by atoms with Crippen LogP contribution in [-0.4, -0.2) is 11.1 Å². The van der Waals surface area contributed by atoms with Gasteiger partial charge in [0.15, 0.2) is 0 Å². The lowest BCUT2D eigenvalue weighted by atomic mass is 9.98. The molecule has 14 heavy (non-hydrogen) atoms. The van der Waals surface area contributed by atoms with Gasteiger partial charge in [0.1, 0.15) is 0 Å². The van der Waals surface area contributed by atoms with Crippen LogP contribution in [0.3, 0.4) is 0 Å². The molecule has 0 aromatic carbocycles. The van der Waals surface area contributed by atoms with Crippen molar-refractivity contribution in [1.82, 2.24) is 0 Å². The van der Waals surface area contributed by atoms with E-state index in [1.807, 2.05) is 0 Å². The maximum atomic E-state index is 10.7. The predicted octanol–water partition coefficient (Wildman–Crippen LogP) is 3.07. The second-order valence-corrected chi connectivity index (χ2v) is 3.65. The first-order chi connectivity index (χ1) is 6.72.